The van der Waals surface area contributed by atoms with E-state index in [0.717, 1.165) is 24.8 Å². The Kier molecular flexibility index (Phi) is 5.11. The van der Waals surface area contributed by atoms with E-state index >= 15 is 0 Å². The van der Waals surface area contributed by atoms with Gasteiger partial charge in [0.05, 0.1) is 0 Å². The molecule has 0 bridgehead atoms. The Bertz CT molecular complexity index is 741. The topological polar surface area (TPSA) is 68.0 Å². The van der Waals surface area contributed by atoms with Gasteiger partial charge in [-0.25, -0.2) is 0 Å². The van der Waals surface area contributed by atoms with Crippen LogP contribution in [0.5, 0.6) is 0 Å². The summed E-state index contributed by atoms with van der Waals surface area (Å²) in [4.78, 5) is 12.3. The number of carbonyl (C=O) groups excluding carboxylic acids is 1. The highest BCUT2D eigenvalue weighted by Gasteiger charge is 2.38. The minimum atomic E-state index is -0.209. The number of halogens is 2. The Balaban J connectivity index is 1.59. The summed E-state index contributed by atoms with van der Waals surface area (Å²) in [6.45, 7) is 1.73. The third-order valence-electron chi connectivity index (χ3n) is 4.39. The number of nitrogens with one attached hydrogen (secondary N) is 1. The van der Waals surface area contributed by atoms with Gasteiger partial charge >= 0.3 is 0 Å². The quantitative estimate of drug-likeness (QED) is 0.840. The van der Waals surface area contributed by atoms with E-state index in [0.29, 0.717) is 41.1 Å². The molecule has 0 spiro atoms. The van der Waals surface area contributed by atoms with Crippen LogP contribution in [0.4, 0.5) is 0 Å². The molecule has 3 rings (SSSR count). The molecule has 2 aromatic rings. The van der Waals surface area contributed by atoms with Crippen LogP contribution in [0, 0.1) is 6.92 Å². The van der Waals surface area contributed by atoms with Gasteiger partial charge < -0.3 is 9.73 Å². The fourth-order valence-electron chi connectivity index (χ4n) is 3.00. The molecule has 1 amide bonds. The molecule has 5 nitrogen and oxygen atoms in total. The Hall–Kier alpha value is -1.59. The number of amides is 1. The molecule has 0 aliphatic heterocycles. The number of nitrogens with zero attached hydrogens (tertiary/aromatic N) is 2. The molecule has 1 aromatic heterocycles. The zero-order valence-electron chi connectivity index (χ0n) is 13.4. The first kappa shape index (κ1) is 17.2. The maximum absolute atomic E-state index is 12.3. The van der Waals surface area contributed by atoms with E-state index in [1.54, 1.807) is 13.0 Å². The maximum Gasteiger partial charge on any atom is 0.220 e. The monoisotopic (exact) mass is 367 g/mol. The molecular weight excluding hydrogens is 349 g/mol. The van der Waals surface area contributed by atoms with Crippen molar-refractivity contribution in [2.75, 3.05) is 0 Å². The van der Waals surface area contributed by atoms with Crippen molar-refractivity contribution in [3.05, 3.63) is 45.6 Å². The second-order valence-corrected chi connectivity index (χ2v) is 7.15. The van der Waals surface area contributed by atoms with Gasteiger partial charge in [-0.05, 0) is 43.4 Å². The summed E-state index contributed by atoms with van der Waals surface area (Å²) in [5.41, 5.74) is 0.799. The largest absolute Gasteiger partial charge is 0.426 e. The van der Waals surface area contributed by atoms with Crippen molar-refractivity contribution in [2.45, 2.75) is 51.0 Å². The third-order valence-corrected chi connectivity index (χ3v) is 4.98. The van der Waals surface area contributed by atoms with Gasteiger partial charge in [-0.2, -0.15) is 0 Å². The Labute approximate surface area is 150 Å². The molecule has 1 aliphatic carbocycles. The van der Waals surface area contributed by atoms with E-state index in [1.807, 2.05) is 12.1 Å². The molecule has 1 N–H and O–H groups in total. The predicted octanol–water partition coefficient (Wildman–Crippen LogP) is 3.90. The predicted molar refractivity (Wildman–Crippen MR) is 92.2 cm³/mol. The zero-order chi connectivity index (χ0) is 17.2. The van der Waals surface area contributed by atoms with Gasteiger partial charge in [0.25, 0.3) is 0 Å². The van der Waals surface area contributed by atoms with Gasteiger partial charge in [0, 0.05) is 35.3 Å². The lowest BCUT2D eigenvalue weighted by atomic mass is 9.72. The molecule has 0 unspecified atom stereocenters. The fraction of sp³-hybridized carbons (Fsp3) is 0.471. The van der Waals surface area contributed by atoms with E-state index < -0.39 is 0 Å². The Morgan fingerprint density at radius 1 is 1.33 bits per heavy atom. The maximum atomic E-state index is 12.3. The van der Waals surface area contributed by atoms with Crippen molar-refractivity contribution < 1.29 is 9.21 Å². The molecule has 1 saturated carbocycles. The van der Waals surface area contributed by atoms with Crippen molar-refractivity contribution in [2.24, 2.45) is 0 Å². The van der Waals surface area contributed by atoms with Crippen LogP contribution in [0.15, 0.2) is 22.6 Å². The number of benzene rings is 1. The van der Waals surface area contributed by atoms with E-state index in [9.17, 15) is 4.79 Å². The second kappa shape index (κ2) is 7.11. The average molecular weight is 368 g/mol. The highest BCUT2D eigenvalue weighted by molar-refractivity contribution is 6.35. The van der Waals surface area contributed by atoms with E-state index in [4.69, 9.17) is 27.6 Å². The first-order valence-corrected chi connectivity index (χ1v) is 8.75. The van der Waals surface area contributed by atoms with E-state index in [-0.39, 0.29) is 11.4 Å². The van der Waals surface area contributed by atoms with Crippen LogP contribution in [0.3, 0.4) is 0 Å². The average Bonchev–Trinajstić information content (AvgIpc) is 2.91. The molecule has 1 fully saturated rings. The van der Waals surface area contributed by atoms with Crippen LogP contribution in [0.2, 0.25) is 10.0 Å². The highest BCUT2D eigenvalue weighted by Crippen LogP contribution is 2.37. The molecule has 1 heterocycles. The van der Waals surface area contributed by atoms with Gasteiger partial charge in [0.1, 0.15) is 0 Å². The number of hydrogen-bond donors (Lipinski definition) is 1. The molecule has 0 saturated heterocycles. The summed E-state index contributed by atoms with van der Waals surface area (Å²) in [5, 5.41) is 12.1. The van der Waals surface area contributed by atoms with Crippen LogP contribution in [0.25, 0.3) is 0 Å². The minimum Gasteiger partial charge on any atom is -0.426 e. The zero-order valence-corrected chi connectivity index (χ0v) is 15.0. The summed E-state index contributed by atoms with van der Waals surface area (Å²) in [6, 6.07) is 5.50. The molecule has 0 radical (unpaired) electrons. The number of rotatable bonds is 6. The van der Waals surface area contributed by atoms with Crippen molar-refractivity contribution in [1.29, 1.82) is 0 Å². The lowest BCUT2D eigenvalue weighted by molar-refractivity contribution is -0.124. The number of carbonyl (C=O) groups is 1. The summed E-state index contributed by atoms with van der Waals surface area (Å²) in [6.07, 6.45) is 4.51. The molecule has 24 heavy (non-hydrogen) atoms. The van der Waals surface area contributed by atoms with Gasteiger partial charge in [-0.1, -0.05) is 29.3 Å². The molecular formula is C17H19Cl2N3O2. The molecule has 1 aromatic carbocycles. The minimum absolute atomic E-state index is 0.00404. The first-order valence-electron chi connectivity index (χ1n) is 8.00. The lowest BCUT2D eigenvalue weighted by Crippen LogP contribution is -2.55. The van der Waals surface area contributed by atoms with Crippen LogP contribution in [-0.4, -0.2) is 21.6 Å². The van der Waals surface area contributed by atoms with Gasteiger partial charge in [-0.3, -0.25) is 4.79 Å². The van der Waals surface area contributed by atoms with Crippen molar-refractivity contribution in [3.8, 4) is 0 Å². The second-order valence-electron chi connectivity index (χ2n) is 6.31. The Morgan fingerprint density at radius 3 is 2.71 bits per heavy atom. The summed E-state index contributed by atoms with van der Waals surface area (Å²) in [7, 11) is 0. The third kappa shape index (κ3) is 4.08. The van der Waals surface area contributed by atoms with Crippen LogP contribution >= 0.6 is 23.2 Å². The lowest BCUT2D eigenvalue weighted by Gasteiger charge is -2.43. The fourth-order valence-corrected chi connectivity index (χ4v) is 3.47. The smallest absolute Gasteiger partial charge is 0.220 e. The molecule has 7 heteroatoms. The summed E-state index contributed by atoms with van der Waals surface area (Å²) in [5.74, 6) is 1.000. The van der Waals surface area contributed by atoms with Crippen molar-refractivity contribution in [3.63, 3.8) is 0 Å². The van der Waals surface area contributed by atoms with Gasteiger partial charge in [-0.15, -0.1) is 10.2 Å². The highest BCUT2D eigenvalue weighted by atomic mass is 35.5. The number of hydrogen-bond acceptors (Lipinski definition) is 4. The van der Waals surface area contributed by atoms with E-state index in [1.165, 1.54) is 0 Å². The molecule has 0 atom stereocenters. The number of aromatic nitrogens is 2. The van der Waals surface area contributed by atoms with Crippen LogP contribution in [-0.2, 0) is 17.6 Å². The standard InChI is InChI=1S/C17H19Cl2N3O2/c1-11-21-22-16(24-11)6-5-15(23)20-17(7-2-8-17)10-12-3-4-13(18)9-14(12)19/h3-4,9H,2,5-8,10H2,1H3,(H,20,23). The van der Waals surface area contributed by atoms with Crippen LogP contribution < -0.4 is 5.32 Å². The SMILES string of the molecule is Cc1nnc(CCC(=O)NC2(Cc3ccc(Cl)cc3Cl)CCC2)o1. The Morgan fingerprint density at radius 2 is 2.12 bits per heavy atom. The summed E-state index contributed by atoms with van der Waals surface area (Å²) < 4.78 is 5.29. The normalized spacial score (nSPS) is 15.8. The molecule has 1 aliphatic rings. The van der Waals surface area contributed by atoms with E-state index in [2.05, 4.69) is 15.5 Å². The summed E-state index contributed by atoms with van der Waals surface area (Å²) >= 11 is 12.2. The first-order chi connectivity index (χ1) is 11.5. The molecule has 128 valence electrons. The van der Waals surface area contributed by atoms with Crippen molar-refractivity contribution >= 4 is 29.1 Å². The number of aryl methyl sites for hydroxylation is 2. The van der Waals surface area contributed by atoms with Crippen molar-refractivity contribution in [1.82, 2.24) is 15.5 Å². The van der Waals surface area contributed by atoms with Gasteiger partial charge in [0.2, 0.25) is 17.7 Å². The van der Waals surface area contributed by atoms with Gasteiger partial charge in [0.15, 0.2) is 0 Å². The van der Waals surface area contributed by atoms with Crippen LogP contribution in [0.1, 0.15) is 43.0 Å².